The summed E-state index contributed by atoms with van der Waals surface area (Å²) in [5, 5.41) is 9.27. The first-order valence-corrected chi connectivity index (χ1v) is 4.00. The molecule has 0 atom stereocenters. The fourth-order valence-corrected chi connectivity index (χ4v) is 1.31. The fourth-order valence-electron chi connectivity index (χ4n) is 0.801. The van der Waals surface area contributed by atoms with Crippen LogP contribution in [0.15, 0.2) is 18.2 Å². The molecule has 0 saturated heterocycles. The van der Waals surface area contributed by atoms with Crippen molar-refractivity contribution in [2.45, 2.75) is 0 Å². The first-order chi connectivity index (χ1) is 5.65. The second kappa shape index (κ2) is 3.90. The number of carbonyl (C=O) groups excluding carboxylic acids is 1. The van der Waals surface area contributed by atoms with Crippen molar-refractivity contribution in [3.8, 4) is 0 Å². The van der Waals surface area contributed by atoms with E-state index in [1.54, 1.807) is 6.07 Å². The number of benzene rings is 1. The third kappa shape index (κ3) is 1.97. The maximum atomic E-state index is 11.0. The van der Waals surface area contributed by atoms with Crippen molar-refractivity contribution in [1.82, 2.24) is 0 Å². The van der Waals surface area contributed by atoms with Gasteiger partial charge in [0.15, 0.2) is 5.78 Å². The van der Waals surface area contributed by atoms with Gasteiger partial charge in [-0.3, -0.25) is 4.79 Å². The molecule has 0 radical (unpaired) electrons. The van der Waals surface area contributed by atoms with Crippen molar-refractivity contribution in [2.75, 3.05) is 6.61 Å². The molecule has 64 valence electrons. The van der Waals surface area contributed by atoms with E-state index in [1.807, 2.05) is 0 Å². The molecule has 1 rings (SSSR count). The van der Waals surface area contributed by atoms with Crippen molar-refractivity contribution in [3.63, 3.8) is 0 Å². The molecule has 0 aliphatic heterocycles. The van der Waals surface area contributed by atoms with Gasteiger partial charge in [0.25, 0.3) is 0 Å². The molecule has 0 bridgehead atoms. The lowest BCUT2D eigenvalue weighted by molar-refractivity contribution is 0.0904. The van der Waals surface area contributed by atoms with Gasteiger partial charge >= 0.3 is 0 Å². The minimum atomic E-state index is -0.540. The molecular formula is C8H6Cl2O2. The summed E-state index contributed by atoms with van der Waals surface area (Å²) in [5.41, 5.74) is 0.295. The predicted octanol–water partition coefficient (Wildman–Crippen LogP) is 2.17. The van der Waals surface area contributed by atoms with Gasteiger partial charge in [0.2, 0.25) is 0 Å². The first kappa shape index (κ1) is 9.52. The van der Waals surface area contributed by atoms with Gasteiger partial charge in [-0.2, -0.15) is 0 Å². The minimum Gasteiger partial charge on any atom is -0.388 e. The Hall–Kier alpha value is -0.570. The monoisotopic (exact) mass is 204 g/mol. The van der Waals surface area contributed by atoms with Gasteiger partial charge in [-0.05, 0) is 18.2 Å². The van der Waals surface area contributed by atoms with Gasteiger partial charge in [0, 0.05) is 10.6 Å². The predicted molar refractivity (Wildman–Crippen MR) is 47.9 cm³/mol. The Bertz CT molecular complexity index is 310. The average Bonchev–Trinajstić information content (AvgIpc) is 2.03. The summed E-state index contributed by atoms with van der Waals surface area (Å²) in [6, 6.07) is 4.51. The number of aliphatic hydroxyl groups is 1. The summed E-state index contributed by atoms with van der Waals surface area (Å²) < 4.78 is 0. The van der Waals surface area contributed by atoms with E-state index in [1.165, 1.54) is 12.1 Å². The number of aliphatic hydroxyl groups excluding tert-OH is 1. The third-order valence-electron chi connectivity index (χ3n) is 1.38. The third-order valence-corrected chi connectivity index (χ3v) is 1.92. The van der Waals surface area contributed by atoms with Crippen molar-refractivity contribution in [2.24, 2.45) is 0 Å². The smallest absolute Gasteiger partial charge is 0.189 e. The molecule has 12 heavy (non-hydrogen) atoms. The number of ketones is 1. The number of halogens is 2. The molecule has 1 aromatic rings. The normalized spacial score (nSPS) is 9.92. The molecule has 0 aliphatic carbocycles. The van der Waals surface area contributed by atoms with Crippen LogP contribution in [0, 0.1) is 0 Å². The van der Waals surface area contributed by atoms with Crippen LogP contribution in [0.5, 0.6) is 0 Å². The Balaban J connectivity index is 3.09. The molecule has 1 aromatic carbocycles. The fraction of sp³-hybridized carbons (Fsp3) is 0.125. The van der Waals surface area contributed by atoms with Gasteiger partial charge in [-0.25, -0.2) is 0 Å². The lowest BCUT2D eigenvalue weighted by Gasteiger charge is -2.00. The zero-order valence-electron chi connectivity index (χ0n) is 6.05. The topological polar surface area (TPSA) is 37.3 Å². The van der Waals surface area contributed by atoms with E-state index in [0.717, 1.165) is 0 Å². The van der Waals surface area contributed by atoms with E-state index in [2.05, 4.69) is 0 Å². The zero-order valence-corrected chi connectivity index (χ0v) is 7.56. The molecule has 0 aromatic heterocycles. The van der Waals surface area contributed by atoms with E-state index < -0.39 is 12.4 Å². The number of hydrogen-bond donors (Lipinski definition) is 1. The zero-order chi connectivity index (χ0) is 9.14. The number of rotatable bonds is 2. The molecule has 0 fully saturated rings. The maximum absolute atomic E-state index is 11.0. The molecular weight excluding hydrogens is 199 g/mol. The summed E-state index contributed by atoms with van der Waals surface area (Å²) in [7, 11) is 0. The molecule has 0 amide bonds. The highest BCUT2D eigenvalue weighted by Gasteiger charge is 2.08. The molecule has 0 saturated carbocycles. The van der Waals surface area contributed by atoms with Crippen molar-refractivity contribution in [1.29, 1.82) is 0 Å². The maximum Gasteiger partial charge on any atom is 0.189 e. The molecule has 0 heterocycles. The van der Waals surface area contributed by atoms with Crippen LogP contribution in [-0.4, -0.2) is 17.5 Å². The van der Waals surface area contributed by atoms with Crippen LogP contribution in [0.25, 0.3) is 0 Å². The van der Waals surface area contributed by atoms with E-state index >= 15 is 0 Å². The van der Waals surface area contributed by atoms with Crippen LogP contribution >= 0.6 is 23.2 Å². The van der Waals surface area contributed by atoms with Crippen LogP contribution in [0.3, 0.4) is 0 Å². The summed E-state index contributed by atoms with van der Waals surface area (Å²) in [6.45, 7) is -0.540. The molecule has 1 N–H and O–H groups in total. The Morgan fingerprint density at radius 3 is 2.58 bits per heavy atom. The van der Waals surface area contributed by atoms with Gasteiger partial charge < -0.3 is 5.11 Å². The quantitative estimate of drug-likeness (QED) is 0.751. The SMILES string of the molecule is O=C(CO)c1ccc(Cl)cc1Cl. The van der Waals surface area contributed by atoms with Crippen LogP contribution in [0.1, 0.15) is 10.4 Å². The largest absolute Gasteiger partial charge is 0.388 e. The molecule has 0 aliphatic rings. The molecule has 4 heteroatoms. The van der Waals surface area contributed by atoms with Crippen LogP contribution in [-0.2, 0) is 0 Å². The second-order valence-corrected chi connectivity index (χ2v) is 3.05. The lowest BCUT2D eigenvalue weighted by Crippen LogP contribution is -2.04. The summed E-state index contributed by atoms with van der Waals surface area (Å²) in [4.78, 5) is 11.0. The van der Waals surface area contributed by atoms with Crippen LogP contribution < -0.4 is 0 Å². The highest BCUT2D eigenvalue weighted by molar-refractivity contribution is 6.36. The molecule has 0 spiro atoms. The number of hydrogen-bond acceptors (Lipinski definition) is 2. The Morgan fingerprint density at radius 2 is 2.08 bits per heavy atom. The number of Topliss-reactive ketones (excluding diaryl/α,β-unsaturated/α-hetero) is 1. The van der Waals surface area contributed by atoms with Crippen LogP contribution in [0.4, 0.5) is 0 Å². The van der Waals surface area contributed by atoms with E-state index in [9.17, 15) is 4.79 Å². The Morgan fingerprint density at radius 1 is 1.42 bits per heavy atom. The van der Waals surface area contributed by atoms with E-state index in [-0.39, 0.29) is 5.02 Å². The second-order valence-electron chi connectivity index (χ2n) is 2.21. The minimum absolute atomic E-state index is 0.265. The van der Waals surface area contributed by atoms with Crippen molar-refractivity contribution < 1.29 is 9.90 Å². The lowest BCUT2D eigenvalue weighted by atomic mass is 10.1. The summed E-state index contributed by atoms with van der Waals surface area (Å²) >= 11 is 11.3. The highest BCUT2D eigenvalue weighted by atomic mass is 35.5. The Kier molecular flexibility index (Phi) is 3.09. The van der Waals surface area contributed by atoms with Crippen molar-refractivity contribution >= 4 is 29.0 Å². The van der Waals surface area contributed by atoms with Gasteiger partial charge in [0.1, 0.15) is 6.61 Å². The highest BCUT2D eigenvalue weighted by Crippen LogP contribution is 2.20. The van der Waals surface area contributed by atoms with Crippen LogP contribution in [0.2, 0.25) is 10.0 Å². The average molecular weight is 205 g/mol. The summed E-state index contributed by atoms with van der Waals surface area (Å²) in [5.74, 6) is -0.406. The standard InChI is InChI=1S/C8H6Cl2O2/c9-5-1-2-6(7(10)3-5)8(12)4-11/h1-3,11H,4H2. The van der Waals surface area contributed by atoms with Gasteiger partial charge in [-0.1, -0.05) is 23.2 Å². The van der Waals surface area contributed by atoms with Gasteiger partial charge in [-0.15, -0.1) is 0 Å². The Labute approximate surface area is 79.7 Å². The van der Waals surface area contributed by atoms with E-state index in [0.29, 0.717) is 10.6 Å². The number of carbonyl (C=O) groups is 1. The van der Waals surface area contributed by atoms with E-state index in [4.69, 9.17) is 28.3 Å². The first-order valence-electron chi connectivity index (χ1n) is 3.24. The summed E-state index contributed by atoms with van der Waals surface area (Å²) in [6.07, 6.45) is 0. The van der Waals surface area contributed by atoms with Gasteiger partial charge in [0.05, 0.1) is 5.02 Å². The molecule has 0 unspecified atom stereocenters. The van der Waals surface area contributed by atoms with Crippen molar-refractivity contribution in [3.05, 3.63) is 33.8 Å². The molecule has 2 nitrogen and oxygen atoms in total.